The molecule has 1 heteroatoms. The molecule has 2 saturated heterocycles. The topological polar surface area (TPSA) is 0 Å². The monoisotopic (exact) mass is 140 g/mol. The molecule has 0 aromatic rings. The average Bonchev–Trinajstić information content (AvgIpc) is 1.87. The highest BCUT2D eigenvalue weighted by Crippen LogP contribution is 2.44. The van der Waals surface area contributed by atoms with E-state index in [2.05, 4.69) is 0 Å². The minimum absolute atomic E-state index is 0.430. The first-order valence-electron chi connectivity index (χ1n) is 4.41. The first-order chi connectivity index (χ1) is 4.41. The van der Waals surface area contributed by atoms with Gasteiger partial charge in [0.2, 0.25) is 0 Å². The van der Waals surface area contributed by atoms with Gasteiger partial charge < -0.3 is 0 Å². The highest BCUT2D eigenvalue weighted by molar-refractivity contribution is 6.82. The summed E-state index contributed by atoms with van der Waals surface area (Å²) in [5, 5.41) is 0. The van der Waals surface area contributed by atoms with Gasteiger partial charge in [-0.25, -0.2) is 0 Å². The summed E-state index contributed by atoms with van der Waals surface area (Å²) < 4.78 is 0. The lowest BCUT2D eigenvalue weighted by Crippen LogP contribution is -2.42. The van der Waals surface area contributed by atoms with Gasteiger partial charge in [-0.15, -0.1) is 0 Å². The van der Waals surface area contributed by atoms with Crippen LogP contribution in [0, 0.1) is 0 Å². The first kappa shape index (κ1) is 5.96. The van der Waals surface area contributed by atoms with E-state index in [1.807, 2.05) is 0 Å². The Balaban J connectivity index is 1.93. The lowest BCUT2D eigenvalue weighted by atomic mass is 10.3. The maximum absolute atomic E-state index is 1.70. The third-order valence-electron chi connectivity index (χ3n) is 3.33. The molecule has 2 fully saturated rings. The Bertz CT molecular complexity index is 97.1. The molecule has 2 aliphatic heterocycles. The molecule has 2 aliphatic rings. The third kappa shape index (κ3) is 0.957. The van der Waals surface area contributed by atoms with E-state index < -0.39 is 8.07 Å². The molecule has 0 aliphatic carbocycles. The fourth-order valence-electron chi connectivity index (χ4n) is 2.48. The van der Waals surface area contributed by atoms with Crippen LogP contribution in [-0.4, -0.2) is 8.07 Å². The fourth-order valence-corrected chi connectivity index (χ4v) is 7.08. The number of hydrogen-bond donors (Lipinski definition) is 0. The van der Waals surface area contributed by atoms with Crippen LogP contribution in [0.25, 0.3) is 0 Å². The Kier molecular flexibility index (Phi) is 1.40. The largest absolute Gasteiger partial charge is 0.0580 e. The van der Waals surface area contributed by atoms with E-state index in [0.717, 1.165) is 0 Å². The van der Waals surface area contributed by atoms with Gasteiger partial charge in [0.1, 0.15) is 0 Å². The number of rotatable bonds is 0. The van der Waals surface area contributed by atoms with Crippen LogP contribution in [0.5, 0.6) is 0 Å². The molecular formula is C8H16Si. The summed E-state index contributed by atoms with van der Waals surface area (Å²) in [6.45, 7) is 0. The van der Waals surface area contributed by atoms with E-state index in [9.17, 15) is 0 Å². The normalized spacial score (nSPS) is 32.0. The van der Waals surface area contributed by atoms with Crippen molar-refractivity contribution in [3.8, 4) is 0 Å². The lowest BCUT2D eigenvalue weighted by Gasteiger charge is -2.42. The standard InChI is InChI=1S/C8H16Si/c1-2-5-9(6-3-1)7-4-8-9/h1-8H2. The Morgan fingerprint density at radius 1 is 0.556 bits per heavy atom. The van der Waals surface area contributed by atoms with Gasteiger partial charge >= 0.3 is 0 Å². The van der Waals surface area contributed by atoms with Crippen LogP contribution in [-0.2, 0) is 0 Å². The Labute approximate surface area is 58.7 Å². The highest BCUT2D eigenvalue weighted by Gasteiger charge is 2.39. The molecular weight excluding hydrogens is 124 g/mol. The maximum Gasteiger partial charge on any atom is 0.0535 e. The van der Waals surface area contributed by atoms with Gasteiger partial charge in [-0.3, -0.25) is 0 Å². The predicted octanol–water partition coefficient (Wildman–Crippen LogP) is 3.02. The van der Waals surface area contributed by atoms with E-state index in [1.165, 1.54) is 0 Å². The van der Waals surface area contributed by atoms with Crippen LogP contribution in [0.2, 0.25) is 24.2 Å². The molecule has 0 saturated carbocycles. The van der Waals surface area contributed by atoms with Crippen molar-refractivity contribution in [2.24, 2.45) is 0 Å². The van der Waals surface area contributed by atoms with Gasteiger partial charge in [0.05, 0.1) is 8.07 Å². The van der Waals surface area contributed by atoms with Crippen molar-refractivity contribution in [3.05, 3.63) is 0 Å². The van der Waals surface area contributed by atoms with Gasteiger partial charge in [-0.05, 0) is 0 Å². The third-order valence-corrected chi connectivity index (χ3v) is 8.99. The van der Waals surface area contributed by atoms with Crippen LogP contribution in [0.4, 0.5) is 0 Å². The SMILES string of the molecule is C1CC[Si]2(CC1)CCC2. The smallest absolute Gasteiger partial charge is 0.0535 e. The molecule has 1 spiro atoms. The molecule has 0 radical (unpaired) electrons. The Morgan fingerprint density at radius 2 is 1.11 bits per heavy atom. The van der Waals surface area contributed by atoms with E-state index in [1.54, 1.807) is 49.9 Å². The minimum Gasteiger partial charge on any atom is -0.0580 e. The molecule has 0 bridgehead atoms. The summed E-state index contributed by atoms with van der Waals surface area (Å²) in [6, 6.07) is 6.81. The second kappa shape index (κ2) is 2.12. The summed E-state index contributed by atoms with van der Waals surface area (Å²) in [7, 11) is -0.430. The number of hydrogen-bond acceptors (Lipinski definition) is 0. The van der Waals surface area contributed by atoms with Crippen molar-refractivity contribution >= 4 is 8.07 Å². The maximum atomic E-state index is 1.70. The van der Waals surface area contributed by atoms with Crippen molar-refractivity contribution in [1.82, 2.24) is 0 Å². The summed E-state index contributed by atoms with van der Waals surface area (Å²) in [4.78, 5) is 0. The highest BCUT2D eigenvalue weighted by atomic mass is 28.3. The van der Waals surface area contributed by atoms with Crippen LogP contribution < -0.4 is 0 Å². The molecule has 0 unspecified atom stereocenters. The fraction of sp³-hybridized carbons (Fsp3) is 1.00. The van der Waals surface area contributed by atoms with E-state index >= 15 is 0 Å². The Morgan fingerprint density at radius 3 is 1.44 bits per heavy atom. The Hall–Kier alpha value is 0.217. The van der Waals surface area contributed by atoms with Crippen molar-refractivity contribution < 1.29 is 0 Å². The molecule has 0 nitrogen and oxygen atoms in total. The molecule has 52 valence electrons. The zero-order chi connectivity index (χ0) is 6.16. The zero-order valence-corrected chi connectivity index (χ0v) is 7.16. The average molecular weight is 140 g/mol. The van der Waals surface area contributed by atoms with E-state index in [4.69, 9.17) is 0 Å². The van der Waals surface area contributed by atoms with Gasteiger partial charge in [0, 0.05) is 0 Å². The summed E-state index contributed by atoms with van der Waals surface area (Å²) in [6.07, 6.45) is 6.32. The summed E-state index contributed by atoms with van der Waals surface area (Å²) in [5.74, 6) is 0. The summed E-state index contributed by atoms with van der Waals surface area (Å²) >= 11 is 0. The minimum atomic E-state index is -0.430. The quantitative estimate of drug-likeness (QED) is 0.454. The van der Waals surface area contributed by atoms with Gasteiger partial charge in [-0.2, -0.15) is 0 Å². The predicted molar refractivity (Wildman–Crippen MR) is 43.5 cm³/mol. The zero-order valence-electron chi connectivity index (χ0n) is 6.16. The van der Waals surface area contributed by atoms with E-state index in [0.29, 0.717) is 0 Å². The van der Waals surface area contributed by atoms with Crippen molar-refractivity contribution in [2.75, 3.05) is 0 Å². The van der Waals surface area contributed by atoms with Crippen molar-refractivity contribution in [2.45, 2.75) is 49.9 Å². The van der Waals surface area contributed by atoms with Crippen molar-refractivity contribution in [1.29, 1.82) is 0 Å². The second-order valence-electron chi connectivity index (χ2n) is 3.91. The van der Waals surface area contributed by atoms with Crippen LogP contribution >= 0.6 is 0 Å². The molecule has 9 heavy (non-hydrogen) atoms. The molecule has 0 N–H and O–H groups in total. The molecule has 0 aromatic carbocycles. The molecule has 0 amide bonds. The lowest BCUT2D eigenvalue weighted by molar-refractivity contribution is 0.670. The first-order valence-corrected chi connectivity index (χ1v) is 7.24. The van der Waals surface area contributed by atoms with Crippen LogP contribution in [0.1, 0.15) is 25.7 Å². The molecule has 2 rings (SSSR count). The van der Waals surface area contributed by atoms with Gasteiger partial charge in [0.15, 0.2) is 0 Å². The second-order valence-corrected chi connectivity index (χ2v) is 8.91. The van der Waals surface area contributed by atoms with Crippen molar-refractivity contribution in [3.63, 3.8) is 0 Å². The molecule has 0 atom stereocenters. The summed E-state index contributed by atoms with van der Waals surface area (Å²) in [5.41, 5.74) is 0. The molecule has 0 aromatic heterocycles. The molecule has 2 heterocycles. The van der Waals surface area contributed by atoms with Crippen LogP contribution in [0.15, 0.2) is 0 Å². The van der Waals surface area contributed by atoms with Gasteiger partial charge in [0.25, 0.3) is 0 Å². The van der Waals surface area contributed by atoms with Crippen LogP contribution in [0.3, 0.4) is 0 Å². The van der Waals surface area contributed by atoms with Gasteiger partial charge in [-0.1, -0.05) is 49.9 Å². The van der Waals surface area contributed by atoms with E-state index in [-0.39, 0.29) is 0 Å².